The van der Waals surface area contributed by atoms with Crippen LogP contribution < -0.4 is 0 Å². The van der Waals surface area contributed by atoms with Crippen LogP contribution in [0.15, 0.2) is 72.8 Å². The number of carbonyl (C=O) groups excluding carboxylic acids is 1. The molecule has 3 aromatic heterocycles. The average molecular weight is 453 g/mol. The number of fused-ring (bicyclic) bond motifs is 9. The second-order valence-corrected chi connectivity index (χ2v) is 9.60. The summed E-state index contributed by atoms with van der Waals surface area (Å²) in [6.07, 6.45) is 4.56. The Kier molecular flexibility index (Phi) is 3.65. The fourth-order valence-electron chi connectivity index (χ4n) is 6.05. The highest BCUT2D eigenvalue weighted by Gasteiger charge is 2.47. The molecular weight excluding hydrogens is 432 g/mol. The molecule has 166 valence electrons. The number of nitrogens with one attached hydrogen (secondary N) is 2. The number of ketones is 1. The number of aromatic nitrogens is 4. The van der Waals surface area contributed by atoms with Gasteiger partial charge in [0.15, 0.2) is 0 Å². The normalized spacial score (nSPS) is 19.7. The predicted molar refractivity (Wildman–Crippen MR) is 138 cm³/mol. The van der Waals surface area contributed by atoms with E-state index in [0.717, 1.165) is 56.0 Å². The van der Waals surface area contributed by atoms with E-state index in [1.54, 1.807) is 0 Å². The summed E-state index contributed by atoms with van der Waals surface area (Å²) in [6.45, 7) is 0. The standard InChI is InChI=1S/C30H20N4O/c35-27-15-24-22-3-1-2-4-23(22)29(27)30-26-14-21-10-8-19(33-21)12-17-6-5-16(31-17)11-18-7-9-20(32-18)13-25(34-26)28(24)30/h1-14,24,29,31-32H,15H2. The van der Waals surface area contributed by atoms with Gasteiger partial charge in [0.25, 0.3) is 0 Å². The molecule has 0 fully saturated rings. The summed E-state index contributed by atoms with van der Waals surface area (Å²) in [7, 11) is 0. The molecule has 2 unspecified atom stereocenters. The van der Waals surface area contributed by atoms with Crippen molar-refractivity contribution in [3.05, 3.63) is 107 Å². The minimum atomic E-state index is -0.264. The third-order valence-electron chi connectivity index (χ3n) is 7.47. The highest BCUT2D eigenvalue weighted by Crippen LogP contribution is 2.58. The van der Waals surface area contributed by atoms with Crippen molar-refractivity contribution in [2.75, 3.05) is 0 Å². The van der Waals surface area contributed by atoms with E-state index in [0.29, 0.717) is 6.42 Å². The van der Waals surface area contributed by atoms with Crippen molar-refractivity contribution in [2.45, 2.75) is 18.3 Å². The lowest BCUT2D eigenvalue weighted by molar-refractivity contribution is -0.120. The van der Waals surface area contributed by atoms with Crippen LogP contribution in [-0.4, -0.2) is 25.7 Å². The largest absolute Gasteiger partial charge is 0.355 e. The van der Waals surface area contributed by atoms with Crippen LogP contribution in [0.25, 0.3) is 45.4 Å². The van der Waals surface area contributed by atoms with Gasteiger partial charge in [0.2, 0.25) is 0 Å². The first-order valence-electron chi connectivity index (χ1n) is 11.9. The van der Waals surface area contributed by atoms with Gasteiger partial charge < -0.3 is 9.97 Å². The second kappa shape index (κ2) is 6.76. The molecule has 5 heteroatoms. The van der Waals surface area contributed by atoms with Crippen molar-refractivity contribution in [1.29, 1.82) is 0 Å². The zero-order chi connectivity index (χ0) is 23.1. The molecule has 5 nitrogen and oxygen atoms in total. The van der Waals surface area contributed by atoms with Crippen molar-refractivity contribution in [2.24, 2.45) is 0 Å². The molecule has 1 aromatic carbocycles. The number of benzene rings is 1. The van der Waals surface area contributed by atoms with Crippen LogP contribution in [0.1, 0.15) is 52.2 Å². The summed E-state index contributed by atoms with van der Waals surface area (Å²) in [5.74, 6) is 0.0558. The second-order valence-electron chi connectivity index (χ2n) is 9.60. The van der Waals surface area contributed by atoms with E-state index in [1.807, 2.05) is 30.4 Å². The maximum Gasteiger partial charge on any atom is 0.145 e. The van der Waals surface area contributed by atoms with Crippen LogP contribution in [0, 0.1) is 0 Å². The Morgan fingerprint density at radius 2 is 1.29 bits per heavy atom. The monoisotopic (exact) mass is 452 g/mol. The van der Waals surface area contributed by atoms with E-state index in [2.05, 4.69) is 64.6 Å². The van der Waals surface area contributed by atoms with Gasteiger partial charge in [0, 0.05) is 34.4 Å². The maximum atomic E-state index is 13.3. The molecule has 2 aliphatic heterocycles. The molecule has 0 amide bonds. The Bertz CT molecular complexity index is 1820. The smallest absolute Gasteiger partial charge is 0.145 e. The first-order valence-corrected chi connectivity index (χ1v) is 11.9. The number of hydrogen-bond acceptors (Lipinski definition) is 3. The Hall–Kier alpha value is -4.51. The number of hydrogen-bond donors (Lipinski definition) is 2. The average Bonchev–Trinajstić information content (AvgIpc) is 3.65. The molecule has 0 spiro atoms. The van der Waals surface area contributed by atoms with Crippen LogP contribution in [0.5, 0.6) is 0 Å². The van der Waals surface area contributed by atoms with Gasteiger partial charge in [0.1, 0.15) is 5.78 Å². The first kappa shape index (κ1) is 18.9. The summed E-state index contributed by atoms with van der Waals surface area (Å²) in [6, 6.07) is 24.9. The maximum absolute atomic E-state index is 13.3. The highest BCUT2D eigenvalue weighted by molar-refractivity contribution is 6.14. The molecule has 35 heavy (non-hydrogen) atoms. The Labute approximate surface area is 200 Å². The molecule has 2 atom stereocenters. The lowest BCUT2D eigenvalue weighted by Crippen LogP contribution is -2.30. The van der Waals surface area contributed by atoms with E-state index in [1.165, 1.54) is 11.1 Å². The molecule has 9 rings (SSSR count). The van der Waals surface area contributed by atoms with Crippen molar-refractivity contribution >= 4 is 51.1 Å². The molecule has 0 saturated heterocycles. The molecule has 2 N–H and O–H groups in total. The van der Waals surface area contributed by atoms with Gasteiger partial charge in [-0.1, -0.05) is 24.3 Å². The summed E-state index contributed by atoms with van der Waals surface area (Å²) < 4.78 is 0. The SMILES string of the molecule is O=C1CC2C3=C(c4cc5nc(cc6ccc(cc7ccc(cc3n4)[nH]7)[nH]6)C=C5)C1c1ccccc12. The number of carbonyl (C=O) groups is 1. The molecular formula is C30H20N4O. The van der Waals surface area contributed by atoms with E-state index >= 15 is 0 Å². The Morgan fingerprint density at radius 3 is 2.06 bits per heavy atom. The van der Waals surface area contributed by atoms with Gasteiger partial charge in [0.05, 0.1) is 28.7 Å². The number of allylic oxidation sites excluding steroid dienone is 2. The summed E-state index contributed by atoms with van der Waals surface area (Å²) in [4.78, 5) is 30.1. The van der Waals surface area contributed by atoms with Crippen LogP contribution in [0.2, 0.25) is 0 Å². The quantitative estimate of drug-likeness (QED) is 0.292. The van der Waals surface area contributed by atoms with Gasteiger partial charge in [-0.15, -0.1) is 0 Å². The number of aromatic amines is 2. The molecule has 0 saturated carbocycles. The van der Waals surface area contributed by atoms with Crippen LogP contribution in [-0.2, 0) is 4.79 Å². The molecule has 5 aliphatic rings. The predicted octanol–water partition coefficient (Wildman–Crippen LogP) is 6.25. The molecule has 3 aliphatic carbocycles. The fourth-order valence-corrected chi connectivity index (χ4v) is 6.05. The van der Waals surface area contributed by atoms with Crippen LogP contribution in [0.3, 0.4) is 0 Å². The molecule has 5 heterocycles. The number of nitrogens with zero attached hydrogens (tertiary/aromatic N) is 2. The Balaban J connectivity index is 1.46. The van der Waals surface area contributed by atoms with E-state index in [-0.39, 0.29) is 17.6 Å². The lowest BCUT2D eigenvalue weighted by Gasteiger charge is -2.38. The van der Waals surface area contributed by atoms with Crippen molar-refractivity contribution in [3.63, 3.8) is 0 Å². The third-order valence-corrected chi connectivity index (χ3v) is 7.47. The zero-order valence-corrected chi connectivity index (χ0v) is 18.7. The molecule has 10 bridgehead atoms. The summed E-state index contributed by atoms with van der Waals surface area (Å²) >= 11 is 0. The first-order chi connectivity index (χ1) is 17.2. The topological polar surface area (TPSA) is 74.4 Å². The lowest BCUT2D eigenvalue weighted by atomic mass is 9.62. The van der Waals surface area contributed by atoms with Gasteiger partial charge in [-0.3, -0.25) is 4.79 Å². The van der Waals surface area contributed by atoms with Gasteiger partial charge in [-0.25, -0.2) is 9.97 Å². The number of rotatable bonds is 0. The molecule has 0 radical (unpaired) electrons. The minimum absolute atomic E-state index is 0.0382. The highest BCUT2D eigenvalue weighted by atomic mass is 16.1. The summed E-state index contributed by atoms with van der Waals surface area (Å²) in [5.41, 5.74) is 12.2. The van der Waals surface area contributed by atoms with E-state index < -0.39 is 0 Å². The van der Waals surface area contributed by atoms with Crippen LogP contribution >= 0.6 is 0 Å². The summed E-state index contributed by atoms with van der Waals surface area (Å²) in [5, 5.41) is 0. The number of Topliss-reactive ketones (excluding diaryl/α,β-unsaturated/α-hetero) is 1. The number of H-pyrrole nitrogens is 2. The van der Waals surface area contributed by atoms with Crippen molar-refractivity contribution in [1.82, 2.24) is 19.9 Å². The zero-order valence-electron chi connectivity index (χ0n) is 18.7. The van der Waals surface area contributed by atoms with Gasteiger partial charge in [-0.2, -0.15) is 0 Å². The van der Waals surface area contributed by atoms with E-state index in [4.69, 9.17) is 9.97 Å². The Morgan fingerprint density at radius 1 is 0.657 bits per heavy atom. The fraction of sp³-hybridized carbons (Fsp3) is 0.100. The van der Waals surface area contributed by atoms with Gasteiger partial charge in [-0.05, 0) is 83.0 Å². The molecule has 4 aromatic rings. The van der Waals surface area contributed by atoms with E-state index in [9.17, 15) is 4.79 Å². The van der Waals surface area contributed by atoms with Crippen molar-refractivity contribution < 1.29 is 4.79 Å². The minimum Gasteiger partial charge on any atom is -0.355 e. The van der Waals surface area contributed by atoms with Crippen LogP contribution in [0.4, 0.5) is 0 Å². The van der Waals surface area contributed by atoms with Gasteiger partial charge >= 0.3 is 0 Å². The van der Waals surface area contributed by atoms with Crippen molar-refractivity contribution in [3.8, 4) is 0 Å². The third kappa shape index (κ3) is 2.78.